The number of benzene rings is 2. The van der Waals surface area contributed by atoms with Crippen molar-refractivity contribution < 1.29 is 9.59 Å². The highest BCUT2D eigenvalue weighted by Gasteiger charge is 2.26. The summed E-state index contributed by atoms with van der Waals surface area (Å²) in [7, 11) is 0. The van der Waals surface area contributed by atoms with Crippen LogP contribution in [-0.4, -0.2) is 38.6 Å². The molecule has 2 aromatic heterocycles. The van der Waals surface area contributed by atoms with E-state index in [1.807, 2.05) is 62.4 Å². The van der Waals surface area contributed by atoms with Gasteiger partial charge in [0.05, 0.1) is 24.2 Å². The maximum Gasteiger partial charge on any atom is 0.263 e. The molecule has 2 amide bonds. The molecular formula is C28H28N4O3S2. The van der Waals surface area contributed by atoms with E-state index in [0.29, 0.717) is 41.4 Å². The van der Waals surface area contributed by atoms with Crippen molar-refractivity contribution in [3.05, 3.63) is 86.0 Å². The first-order valence-electron chi connectivity index (χ1n) is 12.1. The number of carbonyl (C=O) groups is 2. The number of nitrogens with one attached hydrogen (secondary N) is 1. The summed E-state index contributed by atoms with van der Waals surface area (Å²) in [6.45, 7) is 7.03. The summed E-state index contributed by atoms with van der Waals surface area (Å²) in [5.74, 6) is 0.00671. The fourth-order valence-corrected chi connectivity index (χ4v) is 6.69. The van der Waals surface area contributed by atoms with Crippen LogP contribution < -0.4 is 10.9 Å². The topological polar surface area (TPSA) is 84.3 Å². The van der Waals surface area contributed by atoms with Gasteiger partial charge in [0.2, 0.25) is 11.8 Å². The van der Waals surface area contributed by atoms with Crippen molar-refractivity contribution in [1.29, 1.82) is 0 Å². The number of thiophene rings is 1. The number of anilines is 1. The van der Waals surface area contributed by atoms with Crippen LogP contribution in [0.15, 0.2) is 58.5 Å². The molecule has 0 aliphatic carbocycles. The predicted octanol–water partition coefficient (Wildman–Crippen LogP) is 4.76. The summed E-state index contributed by atoms with van der Waals surface area (Å²) < 4.78 is 1.68. The van der Waals surface area contributed by atoms with E-state index in [4.69, 9.17) is 4.98 Å². The summed E-state index contributed by atoms with van der Waals surface area (Å²) in [6, 6.07) is 15.7. The largest absolute Gasteiger partial charge is 0.337 e. The second kappa shape index (κ2) is 10.5. The molecular weight excluding hydrogens is 504 g/mol. The average molecular weight is 533 g/mol. The number of aromatic nitrogens is 2. The Labute approximate surface area is 223 Å². The van der Waals surface area contributed by atoms with E-state index in [2.05, 4.69) is 5.32 Å². The second-order valence-corrected chi connectivity index (χ2v) is 11.3. The van der Waals surface area contributed by atoms with Gasteiger partial charge in [-0.1, -0.05) is 59.8 Å². The Morgan fingerprint density at radius 1 is 1.14 bits per heavy atom. The Kier molecular flexibility index (Phi) is 7.17. The smallest absolute Gasteiger partial charge is 0.263 e. The Balaban J connectivity index is 1.48. The van der Waals surface area contributed by atoms with Crippen molar-refractivity contribution in [2.45, 2.75) is 45.4 Å². The van der Waals surface area contributed by atoms with Gasteiger partial charge in [0.1, 0.15) is 4.83 Å². The van der Waals surface area contributed by atoms with Crippen LogP contribution >= 0.6 is 23.1 Å². The Morgan fingerprint density at radius 3 is 2.65 bits per heavy atom. The maximum absolute atomic E-state index is 13.8. The molecule has 1 aliphatic heterocycles. The zero-order valence-electron chi connectivity index (χ0n) is 21.0. The maximum atomic E-state index is 13.8. The van der Waals surface area contributed by atoms with Gasteiger partial charge in [0.15, 0.2) is 5.16 Å². The summed E-state index contributed by atoms with van der Waals surface area (Å²) in [6.07, 6.45) is 0.641. The normalized spacial score (nSPS) is 13.0. The zero-order chi connectivity index (χ0) is 26.1. The van der Waals surface area contributed by atoms with Gasteiger partial charge >= 0.3 is 0 Å². The first kappa shape index (κ1) is 25.2. The Bertz CT molecular complexity index is 1560. The molecule has 0 fully saturated rings. The lowest BCUT2D eigenvalue weighted by Crippen LogP contribution is -2.34. The minimum atomic E-state index is -0.153. The molecule has 0 unspecified atom stereocenters. The number of aryl methyl sites for hydroxylation is 2. The van der Waals surface area contributed by atoms with E-state index in [-0.39, 0.29) is 23.1 Å². The number of rotatable bonds is 6. The van der Waals surface area contributed by atoms with Crippen molar-refractivity contribution in [2.75, 3.05) is 17.6 Å². The van der Waals surface area contributed by atoms with Crippen LogP contribution in [0.25, 0.3) is 10.2 Å². The first-order valence-corrected chi connectivity index (χ1v) is 13.9. The number of carbonyl (C=O) groups excluding carboxylic acids is 2. The number of amides is 2. The highest BCUT2D eigenvalue weighted by Crippen LogP contribution is 2.34. The van der Waals surface area contributed by atoms with E-state index < -0.39 is 0 Å². The van der Waals surface area contributed by atoms with Gasteiger partial charge < -0.3 is 10.2 Å². The van der Waals surface area contributed by atoms with Crippen LogP contribution in [-0.2, 0) is 29.1 Å². The van der Waals surface area contributed by atoms with Crippen LogP contribution in [0.3, 0.4) is 0 Å². The number of nitrogens with zero attached hydrogens (tertiary/aromatic N) is 3. The van der Waals surface area contributed by atoms with Crippen LogP contribution in [0.2, 0.25) is 0 Å². The van der Waals surface area contributed by atoms with Gasteiger partial charge in [0.25, 0.3) is 5.56 Å². The van der Waals surface area contributed by atoms with Gasteiger partial charge in [-0.15, -0.1) is 11.3 Å². The Morgan fingerprint density at radius 2 is 1.92 bits per heavy atom. The molecule has 1 N–H and O–H groups in total. The van der Waals surface area contributed by atoms with Gasteiger partial charge in [-0.3, -0.25) is 19.0 Å². The molecule has 0 saturated carbocycles. The minimum Gasteiger partial charge on any atom is -0.337 e. The monoisotopic (exact) mass is 532 g/mol. The minimum absolute atomic E-state index is 0.0311. The lowest BCUT2D eigenvalue weighted by Gasteiger charge is -2.25. The SMILES string of the molecule is CC(=O)N1CCc2c(sc3nc(SCC(=O)Nc4ccc(C)cc4C)n(Cc4ccccc4)c(=O)c23)C1. The second-order valence-electron chi connectivity index (χ2n) is 9.30. The molecule has 2 aromatic carbocycles. The van der Waals surface area contributed by atoms with Gasteiger partial charge in [-0.05, 0) is 43.0 Å². The lowest BCUT2D eigenvalue weighted by atomic mass is 10.1. The van der Waals surface area contributed by atoms with Crippen molar-refractivity contribution in [2.24, 2.45) is 0 Å². The summed E-state index contributed by atoms with van der Waals surface area (Å²) in [5.41, 5.74) is 4.81. The summed E-state index contributed by atoms with van der Waals surface area (Å²) >= 11 is 2.74. The van der Waals surface area contributed by atoms with E-state index in [9.17, 15) is 14.4 Å². The molecule has 0 radical (unpaired) electrons. The van der Waals surface area contributed by atoms with Gasteiger partial charge in [-0.2, -0.15) is 0 Å². The number of fused-ring (bicyclic) bond motifs is 3. The molecule has 0 bridgehead atoms. The molecule has 0 spiro atoms. The molecule has 0 saturated heterocycles. The van der Waals surface area contributed by atoms with E-state index in [0.717, 1.165) is 32.8 Å². The molecule has 1 aliphatic rings. The van der Waals surface area contributed by atoms with E-state index >= 15 is 0 Å². The first-order chi connectivity index (χ1) is 17.8. The molecule has 3 heterocycles. The van der Waals surface area contributed by atoms with Crippen molar-refractivity contribution in [3.8, 4) is 0 Å². The van der Waals surface area contributed by atoms with Crippen LogP contribution in [0.1, 0.15) is 34.1 Å². The van der Waals surface area contributed by atoms with Crippen LogP contribution in [0.4, 0.5) is 5.69 Å². The van der Waals surface area contributed by atoms with Crippen molar-refractivity contribution >= 4 is 50.8 Å². The molecule has 37 heavy (non-hydrogen) atoms. The fourth-order valence-electron chi connectivity index (χ4n) is 4.61. The van der Waals surface area contributed by atoms with Gasteiger partial charge in [-0.25, -0.2) is 4.98 Å². The van der Waals surface area contributed by atoms with Crippen LogP contribution in [0.5, 0.6) is 0 Å². The Hall–Kier alpha value is -3.43. The predicted molar refractivity (Wildman–Crippen MR) is 149 cm³/mol. The van der Waals surface area contributed by atoms with Gasteiger partial charge in [0, 0.05) is 24.0 Å². The third-order valence-electron chi connectivity index (χ3n) is 6.54. The quantitative estimate of drug-likeness (QED) is 0.286. The molecule has 5 rings (SSSR count). The summed E-state index contributed by atoms with van der Waals surface area (Å²) in [4.78, 5) is 47.0. The van der Waals surface area contributed by atoms with E-state index in [1.54, 1.807) is 16.4 Å². The lowest BCUT2D eigenvalue weighted by molar-refractivity contribution is -0.129. The third-order valence-corrected chi connectivity index (χ3v) is 8.63. The van der Waals surface area contributed by atoms with Crippen molar-refractivity contribution in [3.63, 3.8) is 0 Å². The van der Waals surface area contributed by atoms with E-state index in [1.165, 1.54) is 23.1 Å². The number of hydrogen-bond acceptors (Lipinski definition) is 6. The van der Waals surface area contributed by atoms with Crippen molar-refractivity contribution in [1.82, 2.24) is 14.5 Å². The molecule has 4 aromatic rings. The molecule has 0 atom stereocenters. The highest BCUT2D eigenvalue weighted by molar-refractivity contribution is 7.99. The number of thioether (sulfide) groups is 1. The summed E-state index contributed by atoms with van der Waals surface area (Å²) in [5, 5.41) is 4.13. The van der Waals surface area contributed by atoms with Crippen LogP contribution in [0, 0.1) is 13.8 Å². The fraction of sp³-hybridized carbons (Fsp3) is 0.286. The zero-order valence-corrected chi connectivity index (χ0v) is 22.7. The molecule has 9 heteroatoms. The average Bonchev–Trinajstić information content (AvgIpc) is 3.24. The highest BCUT2D eigenvalue weighted by atomic mass is 32.2. The third kappa shape index (κ3) is 5.33. The standard InChI is InChI=1S/C28H28N4O3S2/c1-17-9-10-22(18(2)13-17)29-24(34)16-36-28-30-26-25(21-11-12-31(19(3)33)15-23(21)37-26)27(35)32(28)14-20-7-5-4-6-8-20/h4-10,13H,11-12,14-16H2,1-3H3,(H,29,34). The number of hydrogen-bond donors (Lipinski definition) is 1. The molecule has 190 valence electrons. The molecule has 7 nitrogen and oxygen atoms in total.